The standard InChI is InChI=1S/C28H44O9/c1-20-11-9-7-5-3-2-4-6-8-10-12-21(29)13-22(30)14-23(31)15-24(32)16-25(33)17-26(34)18-27(35)19-28(36)37-20/h2-10,12,20-27,29-35H,11,13-19H2,1H3/b4-2+,5-3+,8-6+,9-7+,12-10+/t20-,21-,22+,23+,24+,25+,26+,27+/m1/s1. The molecule has 9 nitrogen and oxygen atoms in total. The van der Waals surface area contributed by atoms with E-state index >= 15 is 0 Å². The Morgan fingerprint density at radius 3 is 1.51 bits per heavy atom. The highest BCUT2D eigenvalue weighted by Gasteiger charge is 2.23. The Kier molecular flexibility index (Phi) is 16.9. The van der Waals surface area contributed by atoms with Gasteiger partial charge in [-0.25, -0.2) is 0 Å². The van der Waals surface area contributed by atoms with Gasteiger partial charge in [0.15, 0.2) is 0 Å². The van der Waals surface area contributed by atoms with Crippen LogP contribution < -0.4 is 0 Å². The highest BCUT2D eigenvalue weighted by atomic mass is 16.5. The highest BCUT2D eigenvalue weighted by Crippen LogP contribution is 2.17. The first-order chi connectivity index (χ1) is 17.5. The van der Waals surface area contributed by atoms with Crippen LogP contribution in [0.25, 0.3) is 0 Å². The first kappa shape index (κ1) is 32.9. The third-order valence-electron chi connectivity index (χ3n) is 5.68. The maximum Gasteiger partial charge on any atom is 0.308 e. The predicted octanol–water partition coefficient (Wildman–Crippen LogP) is 1.36. The van der Waals surface area contributed by atoms with Gasteiger partial charge in [0.05, 0.1) is 49.1 Å². The molecule has 0 amide bonds. The molecular weight excluding hydrogens is 480 g/mol. The van der Waals surface area contributed by atoms with Crippen molar-refractivity contribution in [2.45, 2.75) is 107 Å². The SMILES string of the molecule is C[C@@H]1C/C=C/C=C/C=C/C=C/C=C/[C@@H](O)C[C@H](O)C[C@H](O)C[C@H](O)C[C@H](O)C[C@H](O)C[C@H](O)CC(=O)O1. The number of carbonyl (C=O) groups is 1. The second kappa shape index (κ2) is 19.0. The molecule has 0 aromatic rings. The van der Waals surface area contributed by atoms with Crippen LogP contribution in [0.5, 0.6) is 0 Å². The lowest BCUT2D eigenvalue weighted by molar-refractivity contribution is -0.150. The van der Waals surface area contributed by atoms with E-state index in [1.54, 1.807) is 31.2 Å². The quantitative estimate of drug-likeness (QED) is 0.231. The monoisotopic (exact) mass is 524 g/mol. The van der Waals surface area contributed by atoms with Crippen molar-refractivity contribution in [1.82, 2.24) is 0 Å². The van der Waals surface area contributed by atoms with Crippen LogP contribution in [0.2, 0.25) is 0 Å². The van der Waals surface area contributed by atoms with Crippen molar-refractivity contribution in [2.75, 3.05) is 0 Å². The van der Waals surface area contributed by atoms with E-state index in [1.807, 2.05) is 30.4 Å². The van der Waals surface area contributed by atoms with E-state index in [2.05, 4.69) is 0 Å². The number of allylic oxidation sites excluding steroid dienone is 8. The molecule has 0 fully saturated rings. The molecule has 0 unspecified atom stereocenters. The number of rotatable bonds is 0. The van der Waals surface area contributed by atoms with Crippen LogP contribution in [0.3, 0.4) is 0 Å². The fourth-order valence-electron chi connectivity index (χ4n) is 3.93. The number of hydrogen-bond donors (Lipinski definition) is 7. The van der Waals surface area contributed by atoms with Crippen molar-refractivity contribution >= 4 is 5.97 Å². The molecule has 0 saturated carbocycles. The molecule has 0 radical (unpaired) electrons. The number of ether oxygens (including phenoxy) is 1. The number of hydrogen-bond acceptors (Lipinski definition) is 9. The third-order valence-corrected chi connectivity index (χ3v) is 5.68. The van der Waals surface area contributed by atoms with E-state index in [0.717, 1.165) is 0 Å². The Morgan fingerprint density at radius 1 is 0.595 bits per heavy atom. The maximum atomic E-state index is 12.0. The first-order valence-electron chi connectivity index (χ1n) is 12.8. The first-order valence-corrected chi connectivity index (χ1v) is 12.8. The van der Waals surface area contributed by atoms with Crippen LogP contribution in [0.1, 0.15) is 58.3 Å². The topological polar surface area (TPSA) is 168 Å². The molecule has 37 heavy (non-hydrogen) atoms. The number of aliphatic hydroxyl groups is 7. The van der Waals surface area contributed by atoms with E-state index in [4.69, 9.17) is 4.74 Å². The van der Waals surface area contributed by atoms with Gasteiger partial charge in [-0.05, 0) is 39.0 Å². The zero-order valence-electron chi connectivity index (χ0n) is 21.5. The lowest BCUT2D eigenvalue weighted by Crippen LogP contribution is -2.30. The van der Waals surface area contributed by atoms with Gasteiger partial charge in [0.25, 0.3) is 0 Å². The normalized spacial score (nSPS) is 39.3. The fraction of sp³-hybridized carbons (Fsp3) is 0.607. The largest absolute Gasteiger partial charge is 0.462 e. The van der Waals surface area contributed by atoms with Crippen LogP contribution in [0.4, 0.5) is 0 Å². The second-order valence-corrected chi connectivity index (χ2v) is 9.61. The molecule has 7 N–H and O–H groups in total. The summed E-state index contributed by atoms with van der Waals surface area (Å²) >= 11 is 0. The Balaban J connectivity index is 2.77. The molecule has 9 heteroatoms. The number of aliphatic hydroxyl groups excluding tert-OH is 7. The van der Waals surface area contributed by atoms with Crippen LogP contribution in [0, 0.1) is 0 Å². The molecular formula is C28H44O9. The highest BCUT2D eigenvalue weighted by molar-refractivity contribution is 5.70. The van der Waals surface area contributed by atoms with E-state index in [0.29, 0.717) is 6.42 Å². The van der Waals surface area contributed by atoms with Crippen LogP contribution in [-0.4, -0.2) is 90.5 Å². The van der Waals surface area contributed by atoms with Crippen LogP contribution in [-0.2, 0) is 9.53 Å². The summed E-state index contributed by atoms with van der Waals surface area (Å²) in [6, 6.07) is 0. The van der Waals surface area contributed by atoms with Gasteiger partial charge in [0.1, 0.15) is 6.10 Å². The van der Waals surface area contributed by atoms with E-state index in [1.165, 1.54) is 6.08 Å². The molecule has 1 heterocycles. The van der Waals surface area contributed by atoms with Crippen LogP contribution in [0.15, 0.2) is 60.8 Å². The molecule has 0 aromatic carbocycles. The summed E-state index contributed by atoms with van der Waals surface area (Å²) < 4.78 is 5.27. The van der Waals surface area contributed by atoms with Crippen molar-refractivity contribution in [3.8, 4) is 0 Å². The van der Waals surface area contributed by atoms with Gasteiger partial charge in [-0.1, -0.05) is 60.8 Å². The predicted molar refractivity (Wildman–Crippen MR) is 140 cm³/mol. The van der Waals surface area contributed by atoms with Crippen molar-refractivity contribution in [2.24, 2.45) is 0 Å². The molecule has 0 bridgehead atoms. The smallest absolute Gasteiger partial charge is 0.308 e. The summed E-state index contributed by atoms with van der Waals surface area (Å²) in [6.45, 7) is 1.74. The fourth-order valence-corrected chi connectivity index (χ4v) is 3.93. The Hall–Kier alpha value is -2.11. The van der Waals surface area contributed by atoms with Gasteiger partial charge < -0.3 is 40.5 Å². The summed E-state index contributed by atoms with van der Waals surface area (Å²) in [6.07, 6.45) is 9.54. The Bertz CT molecular complexity index is 774. The molecule has 0 aromatic heterocycles. The second-order valence-electron chi connectivity index (χ2n) is 9.61. The Morgan fingerprint density at radius 2 is 1.00 bits per heavy atom. The summed E-state index contributed by atoms with van der Waals surface area (Å²) in [4.78, 5) is 12.0. The molecule has 0 spiro atoms. The Labute approximate surface area is 219 Å². The van der Waals surface area contributed by atoms with E-state index in [9.17, 15) is 40.5 Å². The molecule has 0 saturated heterocycles. The van der Waals surface area contributed by atoms with Gasteiger partial charge in [0.2, 0.25) is 0 Å². The lowest BCUT2D eigenvalue weighted by atomic mass is 9.96. The number of cyclic esters (lactones) is 1. The molecule has 210 valence electrons. The maximum absolute atomic E-state index is 12.0. The molecule has 1 rings (SSSR count). The van der Waals surface area contributed by atoms with Crippen molar-refractivity contribution in [3.05, 3.63) is 60.8 Å². The van der Waals surface area contributed by atoms with E-state index < -0.39 is 48.7 Å². The summed E-state index contributed by atoms with van der Waals surface area (Å²) in [5.41, 5.74) is 0. The number of carbonyl (C=O) groups excluding carboxylic acids is 1. The minimum Gasteiger partial charge on any atom is -0.462 e. The molecule has 1 aliphatic rings. The van der Waals surface area contributed by atoms with Gasteiger partial charge >= 0.3 is 5.97 Å². The summed E-state index contributed by atoms with van der Waals surface area (Å²) in [5, 5.41) is 70.8. The van der Waals surface area contributed by atoms with Gasteiger partial charge in [-0.2, -0.15) is 0 Å². The minimum atomic E-state index is -1.15. The van der Waals surface area contributed by atoms with Crippen molar-refractivity contribution in [1.29, 1.82) is 0 Å². The molecule has 0 aliphatic carbocycles. The molecule has 8 atom stereocenters. The summed E-state index contributed by atoms with van der Waals surface area (Å²) in [7, 11) is 0. The zero-order chi connectivity index (χ0) is 27.6. The molecule has 1 aliphatic heterocycles. The lowest BCUT2D eigenvalue weighted by Gasteiger charge is -2.23. The average Bonchev–Trinajstić information content (AvgIpc) is 2.75. The van der Waals surface area contributed by atoms with Crippen LogP contribution >= 0.6 is 0 Å². The minimum absolute atomic E-state index is 0.0196. The van der Waals surface area contributed by atoms with E-state index in [-0.39, 0.29) is 51.0 Å². The third kappa shape index (κ3) is 17.9. The zero-order valence-corrected chi connectivity index (χ0v) is 21.5. The van der Waals surface area contributed by atoms with Gasteiger partial charge in [0, 0.05) is 12.8 Å². The van der Waals surface area contributed by atoms with Gasteiger partial charge in [-0.3, -0.25) is 4.79 Å². The van der Waals surface area contributed by atoms with Crippen molar-refractivity contribution in [3.63, 3.8) is 0 Å². The average molecular weight is 525 g/mol. The van der Waals surface area contributed by atoms with Gasteiger partial charge in [-0.15, -0.1) is 0 Å². The van der Waals surface area contributed by atoms with Crippen molar-refractivity contribution < 1.29 is 45.3 Å². The number of esters is 1. The summed E-state index contributed by atoms with van der Waals surface area (Å²) in [5.74, 6) is -0.590.